The van der Waals surface area contributed by atoms with E-state index in [2.05, 4.69) is 27.2 Å². The van der Waals surface area contributed by atoms with E-state index in [1.165, 1.54) is 45.3 Å². The summed E-state index contributed by atoms with van der Waals surface area (Å²) < 4.78 is 0. The van der Waals surface area contributed by atoms with Crippen LogP contribution in [0.25, 0.3) is 11.4 Å². The van der Waals surface area contributed by atoms with E-state index in [0.717, 1.165) is 24.4 Å². The lowest BCUT2D eigenvalue weighted by atomic mass is 10.2. The van der Waals surface area contributed by atoms with Crippen molar-refractivity contribution in [1.82, 2.24) is 25.1 Å². The van der Waals surface area contributed by atoms with Gasteiger partial charge in [-0.1, -0.05) is 43.7 Å². The van der Waals surface area contributed by atoms with Crippen molar-refractivity contribution in [1.29, 1.82) is 0 Å². The van der Waals surface area contributed by atoms with Gasteiger partial charge in [-0.25, -0.2) is 0 Å². The first-order valence-corrected chi connectivity index (χ1v) is 8.90. The number of tetrazole rings is 1. The van der Waals surface area contributed by atoms with Gasteiger partial charge >= 0.3 is 0 Å². The topological polar surface area (TPSA) is 46.8 Å². The number of nitrogens with zero attached hydrogens (tertiary/aromatic N) is 5. The minimum Gasteiger partial charge on any atom is -0.303 e. The number of hydrogen-bond donors (Lipinski definition) is 0. The summed E-state index contributed by atoms with van der Waals surface area (Å²) in [7, 11) is 0. The van der Waals surface area contributed by atoms with Crippen LogP contribution in [0, 0.1) is 5.92 Å². The molecule has 1 heterocycles. The fraction of sp³-hybridized carbons (Fsp3) is 0.611. The maximum absolute atomic E-state index is 4.46. The van der Waals surface area contributed by atoms with Crippen LogP contribution < -0.4 is 0 Å². The Hall–Kier alpha value is -1.75. The van der Waals surface area contributed by atoms with Gasteiger partial charge in [-0.05, 0) is 49.9 Å². The molecule has 1 aliphatic carbocycles. The molecule has 1 saturated carbocycles. The second-order valence-corrected chi connectivity index (χ2v) is 6.47. The highest BCUT2D eigenvalue weighted by Gasteiger charge is 2.23. The third kappa shape index (κ3) is 5.13. The van der Waals surface area contributed by atoms with Crippen molar-refractivity contribution < 1.29 is 0 Å². The smallest absolute Gasteiger partial charge is 0.204 e. The molecule has 1 fully saturated rings. The van der Waals surface area contributed by atoms with Crippen molar-refractivity contribution in [2.75, 3.05) is 19.6 Å². The van der Waals surface area contributed by atoms with Crippen LogP contribution in [0.4, 0.5) is 0 Å². The Morgan fingerprint density at radius 2 is 1.96 bits per heavy atom. The van der Waals surface area contributed by atoms with E-state index in [9.17, 15) is 0 Å². The predicted molar refractivity (Wildman–Crippen MR) is 91.9 cm³/mol. The van der Waals surface area contributed by atoms with Crippen LogP contribution in [0.5, 0.6) is 0 Å². The molecule has 5 heteroatoms. The summed E-state index contributed by atoms with van der Waals surface area (Å²) in [6.07, 6.45) is 6.49. The molecule has 1 aromatic carbocycles. The summed E-state index contributed by atoms with van der Waals surface area (Å²) in [5.41, 5.74) is 1.03. The van der Waals surface area contributed by atoms with Crippen LogP contribution in [0.1, 0.15) is 39.0 Å². The van der Waals surface area contributed by atoms with Gasteiger partial charge in [0.15, 0.2) is 0 Å². The zero-order valence-corrected chi connectivity index (χ0v) is 14.1. The van der Waals surface area contributed by atoms with Crippen molar-refractivity contribution in [2.24, 2.45) is 5.92 Å². The average molecular weight is 313 g/mol. The molecule has 0 N–H and O–H groups in total. The van der Waals surface area contributed by atoms with Crippen LogP contribution in [-0.2, 0) is 6.54 Å². The third-order valence-electron chi connectivity index (χ3n) is 4.48. The molecule has 0 bridgehead atoms. The van der Waals surface area contributed by atoms with Gasteiger partial charge < -0.3 is 4.90 Å². The van der Waals surface area contributed by atoms with Crippen LogP contribution in [0.2, 0.25) is 0 Å². The summed E-state index contributed by atoms with van der Waals surface area (Å²) in [6.45, 7) is 6.84. The minimum atomic E-state index is 0.715. The van der Waals surface area contributed by atoms with Crippen LogP contribution in [-0.4, -0.2) is 44.7 Å². The fourth-order valence-corrected chi connectivity index (χ4v) is 2.85. The lowest BCUT2D eigenvalue weighted by molar-refractivity contribution is 0.268. The molecule has 0 saturated heterocycles. The third-order valence-corrected chi connectivity index (χ3v) is 4.48. The standard InChI is InChI=1S/C18H27N5/c1-2-22(15-16-11-12-16)13-7-4-8-14-23-20-18(19-21-23)17-9-5-3-6-10-17/h3,5-6,9-10,16H,2,4,7-8,11-15H2,1H3. The molecule has 124 valence electrons. The molecule has 3 rings (SSSR count). The number of aryl methyl sites for hydroxylation is 1. The lowest BCUT2D eigenvalue weighted by Gasteiger charge is -2.19. The largest absolute Gasteiger partial charge is 0.303 e. The second kappa shape index (κ2) is 8.20. The maximum atomic E-state index is 4.46. The molecule has 0 unspecified atom stereocenters. The van der Waals surface area contributed by atoms with Crippen LogP contribution >= 0.6 is 0 Å². The van der Waals surface area contributed by atoms with Gasteiger partial charge in [-0.3, -0.25) is 0 Å². The molecule has 0 amide bonds. The number of unbranched alkanes of at least 4 members (excludes halogenated alkanes) is 2. The Morgan fingerprint density at radius 3 is 2.70 bits per heavy atom. The van der Waals surface area contributed by atoms with E-state index in [0.29, 0.717) is 5.82 Å². The first-order chi connectivity index (χ1) is 11.3. The number of aromatic nitrogens is 4. The van der Waals surface area contributed by atoms with Gasteiger partial charge in [0.1, 0.15) is 0 Å². The molecule has 2 aromatic rings. The Balaban J connectivity index is 1.35. The van der Waals surface area contributed by atoms with Gasteiger partial charge in [0, 0.05) is 12.1 Å². The van der Waals surface area contributed by atoms with E-state index in [4.69, 9.17) is 0 Å². The monoisotopic (exact) mass is 313 g/mol. The van der Waals surface area contributed by atoms with Gasteiger partial charge in [-0.2, -0.15) is 4.80 Å². The average Bonchev–Trinajstić information content (AvgIpc) is 3.29. The van der Waals surface area contributed by atoms with E-state index < -0.39 is 0 Å². The Morgan fingerprint density at radius 1 is 1.13 bits per heavy atom. The van der Waals surface area contributed by atoms with Crippen molar-refractivity contribution in [3.63, 3.8) is 0 Å². The molecule has 1 aromatic heterocycles. The molecule has 0 spiro atoms. The quantitative estimate of drug-likeness (QED) is 0.632. The first kappa shape index (κ1) is 16.1. The molecule has 0 aliphatic heterocycles. The zero-order valence-electron chi connectivity index (χ0n) is 14.1. The molecule has 0 atom stereocenters. The molecular weight excluding hydrogens is 286 g/mol. The fourth-order valence-electron chi connectivity index (χ4n) is 2.85. The van der Waals surface area contributed by atoms with Crippen molar-refractivity contribution in [2.45, 2.75) is 45.6 Å². The zero-order chi connectivity index (χ0) is 15.9. The number of benzene rings is 1. The highest BCUT2D eigenvalue weighted by Crippen LogP contribution is 2.29. The molecular formula is C18H27N5. The van der Waals surface area contributed by atoms with Crippen molar-refractivity contribution in [3.8, 4) is 11.4 Å². The Kier molecular flexibility index (Phi) is 5.75. The highest BCUT2D eigenvalue weighted by molar-refractivity contribution is 5.52. The summed E-state index contributed by atoms with van der Waals surface area (Å²) in [6, 6.07) is 10.0. The molecule has 1 aliphatic rings. The second-order valence-electron chi connectivity index (χ2n) is 6.47. The summed E-state index contributed by atoms with van der Waals surface area (Å²) in [4.78, 5) is 4.32. The number of hydrogen-bond acceptors (Lipinski definition) is 4. The van der Waals surface area contributed by atoms with E-state index >= 15 is 0 Å². The summed E-state index contributed by atoms with van der Waals surface area (Å²) in [5, 5.41) is 12.8. The predicted octanol–water partition coefficient (Wildman–Crippen LogP) is 3.24. The van der Waals surface area contributed by atoms with E-state index in [1.54, 1.807) is 4.80 Å². The van der Waals surface area contributed by atoms with Crippen LogP contribution in [0.15, 0.2) is 30.3 Å². The van der Waals surface area contributed by atoms with Gasteiger partial charge in [0.2, 0.25) is 5.82 Å². The summed E-state index contributed by atoms with van der Waals surface area (Å²) >= 11 is 0. The molecule has 23 heavy (non-hydrogen) atoms. The Labute approximate surface area is 138 Å². The SMILES string of the molecule is CCN(CCCCCn1nnc(-c2ccccc2)n1)CC1CC1. The minimum absolute atomic E-state index is 0.715. The lowest BCUT2D eigenvalue weighted by Crippen LogP contribution is -2.26. The number of rotatable bonds is 10. The maximum Gasteiger partial charge on any atom is 0.204 e. The van der Waals surface area contributed by atoms with Gasteiger partial charge in [-0.15, -0.1) is 10.2 Å². The highest BCUT2D eigenvalue weighted by atomic mass is 15.6. The van der Waals surface area contributed by atoms with E-state index in [1.807, 2.05) is 30.3 Å². The van der Waals surface area contributed by atoms with Crippen LogP contribution in [0.3, 0.4) is 0 Å². The van der Waals surface area contributed by atoms with Crippen molar-refractivity contribution in [3.05, 3.63) is 30.3 Å². The molecule has 0 radical (unpaired) electrons. The van der Waals surface area contributed by atoms with Gasteiger partial charge in [0.05, 0.1) is 6.54 Å². The molecule has 5 nitrogen and oxygen atoms in total. The van der Waals surface area contributed by atoms with E-state index in [-0.39, 0.29) is 0 Å². The summed E-state index contributed by atoms with van der Waals surface area (Å²) in [5.74, 6) is 1.71. The first-order valence-electron chi connectivity index (χ1n) is 8.90. The van der Waals surface area contributed by atoms with Crippen molar-refractivity contribution >= 4 is 0 Å². The van der Waals surface area contributed by atoms with Gasteiger partial charge in [0.25, 0.3) is 0 Å². The Bertz CT molecular complexity index is 576. The normalized spacial score (nSPS) is 14.5.